The van der Waals surface area contributed by atoms with Gasteiger partial charge in [-0.3, -0.25) is 4.79 Å². The fourth-order valence-corrected chi connectivity index (χ4v) is 2.17. The number of aromatic nitrogens is 4. The van der Waals surface area contributed by atoms with E-state index in [4.69, 9.17) is 0 Å². The van der Waals surface area contributed by atoms with Crippen molar-refractivity contribution < 1.29 is 9.90 Å². The Bertz CT molecular complexity index is 588. The van der Waals surface area contributed by atoms with Crippen LogP contribution in [0.3, 0.4) is 0 Å². The van der Waals surface area contributed by atoms with Gasteiger partial charge < -0.3 is 10.0 Å². The lowest BCUT2D eigenvalue weighted by atomic mass is 10.1. The van der Waals surface area contributed by atoms with Crippen LogP contribution in [0, 0.1) is 0 Å². The number of carbonyl (C=O) groups is 1. The van der Waals surface area contributed by atoms with Crippen molar-refractivity contribution in [2.45, 2.75) is 18.4 Å². The Morgan fingerprint density at radius 2 is 2.30 bits per heavy atom. The van der Waals surface area contributed by atoms with Crippen molar-refractivity contribution in [3.63, 3.8) is 0 Å². The van der Waals surface area contributed by atoms with E-state index in [1.807, 2.05) is 13.2 Å². The summed E-state index contributed by atoms with van der Waals surface area (Å²) in [6, 6.07) is 4.98. The molecule has 0 bridgehead atoms. The largest absolute Gasteiger partial charge is 0.507 e. The molecule has 2 N–H and O–H groups in total. The van der Waals surface area contributed by atoms with Gasteiger partial charge in [-0.15, -0.1) is 22.0 Å². The zero-order valence-electron chi connectivity index (χ0n) is 11.2. The number of tetrazole rings is 1. The Kier molecular flexibility index (Phi) is 4.57. The molecule has 106 valence electrons. The van der Waals surface area contributed by atoms with E-state index in [2.05, 4.69) is 20.6 Å². The maximum atomic E-state index is 12.5. The third-order valence-corrected chi connectivity index (χ3v) is 3.55. The van der Waals surface area contributed by atoms with Crippen molar-refractivity contribution in [3.05, 3.63) is 29.6 Å². The monoisotopic (exact) mass is 293 g/mol. The molecule has 1 aromatic carbocycles. The molecule has 0 aliphatic carbocycles. The number of nitrogens with zero attached hydrogens (tertiary/aromatic N) is 4. The minimum atomic E-state index is -0.259. The van der Waals surface area contributed by atoms with E-state index in [9.17, 15) is 9.90 Å². The number of benzene rings is 1. The Labute approximate surface area is 120 Å². The highest BCUT2D eigenvalue weighted by atomic mass is 32.2. The predicted octanol–water partition coefficient (Wildman–Crippen LogP) is 1.29. The summed E-state index contributed by atoms with van der Waals surface area (Å²) in [5, 5.41) is 23.3. The molecule has 2 rings (SSSR count). The number of rotatable bonds is 5. The zero-order chi connectivity index (χ0) is 14.5. The molecule has 0 saturated carbocycles. The van der Waals surface area contributed by atoms with Crippen LogP contribution in [0.25, 0.3) is 0 Å². The van der Waals surface area contributed by atoms with E-state index in [0.717, 1.165) is 4.90 Å². The fraction of sp³-hybridized carbons (Fsp3) is 0.333. The standard InChI is InChI=1S/C12H15N5O2S/c1-3-17(7-11-13-15-16-14-11)12(19)9-6-8(20-2)4-5-10(9)18/h4-6,18H,3,7H2,1-2H3,(H,13,14,15,16). The van der Waals surface area contributed by atoms with Gasteiger partial charge in [0, 0.05) is 11.4 Å². The van der Waals surface area contributed by atoms with Crippen LogP contribution >= 0.6 is 11.8 Å². The summed E-state index contributed by atoms with van der Waals surface area (Å²) in [4.78, 5) is 14.9. The Morgan fingerprint density at radius 3 is 2.90 bits per heavy atom. The minimum Gasteiger partial charge on any atom is -0.507 e. The number of hydrogen-bond donors (Lipinski definition) is 2. The van der Waals surface area contributed by atoms with Gasteiger partial charge in [0.05, 0.1) is 12.1 Å². The van der Waals surface area contributed by atoms with Crippen LogP contribution < -0.4 is 0 Å². The first-order valence-corrected chi connectivity index (χ1v) is 7.26. The molecule has 0 radical (unpaired) electrons. The highest BCUT2D eigenvalue weighted by Crippen LogP contribution is 2.25. The number of phenolic OH excluding ortho intramolecular Hbond substituents is 1. The lowest BCUT2D eigenvalue weighted by Crippen LogP contribution is -2.30. The van der Waals surface area contributed by atoms with Gasteiger partial charge in [-0.05, 0) is 31.4 Å². The molecule has 0 aliphatic heterocycles. The molecule has 0 saturated heterocycles. The van der Waals surface area contributed by atoms with Crippen LogP contribution in [-0.4, -0.2) is 49.3 Å². The van der Waals surface area contributed by atoms with Crippen LogP contribution in [-0.2, 0) is 6.54 Å². The van der Waals surface area contributed by atoms with Gasteiger partial charge in [0.15, 0.2) is 5.82 Å². The molecule has 1 heterocycles. The number of nitrogens with one attached hydrogen (secondary N) is 1. The number of aromatic amines is 1. The van der Waals surface area contributed by atoms with Gasteiger partial charge in [-0.25, -0.2) is 0 Å². The van der Waals surface area contributed by atoms with E-state index in [0.29, 0.717) is 12.4 Å². The van der Waals surface area contributed by atoms with Gasteiger partial charge in [0.25, 0.3) is 5.91 Å². The molecule has 1 amide bonds. The van der Waals surface area contributed by atoms with Gasteiger partial charge in [-0.2, -0.15) is 5.21 Å². The average Bonchev–Trinajstić information content (AvgIpc) is 2.97. The lowest BCUT2D eigenvalue weighted by Gasteiger charge is -2.19. The Morgan fingerprint density at radius 1 is 1.50 bits per heavy atom. The first kappa shape index (κ1) is 14.3. The third kappa shape index (κ3) is 3.08. The minimum absolute atomic E-state index is 0.0284. The van der Waals surface area contributed by atoms with Crippen molar-refractivity contribution in [1.29, 1.82) is 0 Å². The molecule has 2 aromatic rings. The SMILES string of the molecule is CCN(Cc1nn[nH]n1)C(=O)c1cc(SC)ccc1O. The molecule has 0 atom stereocenters. The highest BCUT2D eigenvalue weighted by molar-refractivity contribution is 7.98. The molecular formula is C12H15N5O2S. The second-order valence-electron chi connectivity index (χ2n) is 4.03. The first-order valence-electron chi connectivity index (χ1n) is 6.04. The number of phenols is 1. The van der Waals surface area contributed by atoms with Crippen molar-refractivity contribution in [2.24, 2.45) is 0 Å². The number of hydrogen-bond acceptors (Lipinski definition) is 6. The van der Waals surface area contributed by atoms with Crippen molar-refractivity contribution in [3.8, 4) is 5.75 Å². The molecular weight excluding hydrogens is 278 g/mol. The quantitative estimate of drug-likeness (QED) is 0.807. The third-order valence-electron chi connectivity index (χ3n) is 2.82. The van der Waals surface area contributed by atoms with Crippen molar-refractivity contribution >= 4 is 17.7 Å². The van der Waals surface area contributed by atoms with E-state index in [1.165, 1.54) is 17.8 Å². The van der Waals surface area contributed by atoms with E-state index >= 15 is 0 Å². The van der Waals surface area contributed by atoms with Crippen LogP contribution in [0.15, 0.2) is 23.1 Å². The van der Waals surface area contributed by atoms with Gasteiger partial charge in [-0.1, -0.05) is 5.21 Å². The summed E-state index contributed by atoms with van der Waals surface area (Å²) >= 11 is 1.51. The van der Waals surface area contributed by atoms with Gasteiger partial charge >= 0.3 is 0 Å². The summed E-state index contributed by atoms with van der Waals surface area (Å²) in [6.07, 6.45) is 1.91. The number of carbonyl (C=O) groups excluding carboxylic acids is 1. The highest BCUT2D eigenvalue weighted by Gasteiger charge is 2.19. The van der Waals surface area contributed by atoms with E-state index in [-0.39, 0.29) is 23.8 Å². The predicted molar refractivity (Wildman–Crippen MR) is 74.5 cm³/mol. The Hall–Kier alpha value is -2.09. The second kappa shape index (κ2) is 6.38. The van der Waals surface area contributed by atoms with Crippen LogP contribution in [0.4, 0.5) is 0 Å². The van der Waals surface area contributed by atoms with Crippen LogP contribution in [0.5, 0.6) is 5.75 Å². The van der Waals surface area contributed by atoms with Crippen LogP contribution in [0.1, 0.15) is 23.1 Å². The smallest absolute Gasteiger partial charge is 0.258 e. The second-order valence-corrected chi connectivity index (χ2v) is 4.91. The molecule has 20 heavy (non-hydrogen) atoms. The maximum Gasteiger partial charge on any atom is 0.258 e. The number of amides is 1. The summed E-state index contributed by atoms with van der Waals surface area (Å²) in [5.74, 6) is 0.144. The topological polar surface area (TPSA) is 95.0 Å². The number of H-pyrrole nitrogens is 1. The van der Waals surface area contributed by atoms with Crippen molar-refractivity contribution in [1.82, 2.24) is 25.5 Å². The number of thioether (sulfide) groups is 1. The molecule has 0 unspecified atom stereocenters. The van der Waals surface area contributed by atoms with Gasteiger partial charge in [0.2, 0.25) is 0 Å². The molecule has 7 nitrogen and oxygen atoms in total. The van der Waals surface area contributed by atoms with Crippen molar-refractivity contribution in [2.75, 3.05) is 12.8 Å². The molecule has 0 spiro atoms. The van der Waals surface area contributed by atoms with Crippen LogP contribution in [0.2, 0.25) is 0 Å². The van der Waals surface area contributed by atoms with Gasteiger partial charge in [0.1, 0.15) is 5.75 Å². The average molecular weight is 293 g/mol. The summed E-state index contributed by atoms with van der Waals surface area (Å²) in [7, 11) is 0. The summed E-state index contributed by atoms with van der Waals surface area (Å²) in [6.45, 7) is 2.58. The van der Waals surface area contributed by atoms with E-state index < -0.39 is 0 Å². The first-order chi connectivity index (χ1) is 9.65. The lowest BCUT2D eigenvalue weighted by molar-refractivity contribution is 0.0745. The summed E-state index contributed by atoms with van der Waals surface area (Å²) < 4.78 is 0. The Balaban J connectivity index is 2.23. The zero-order valence-corrected chi connectivity index (χ0v) is 12.0. The molecule has 1 aromatic heterocycles. The molecule has 0 aliphatic rings. The molecule has 8 heteroatoms. The molecule has 0 fully saturated rings. The summed E-state index contributed by atoms with van der Waals surface area (Å²) in [5.41, 5.74) is 0.280. The normalized spacial score (nSPS) is 10.5. The maximum absolute atomic E-state index is 12.5. The van der Waals surface area contributed by atoms with E-state index in [1.54, 1.807) is 17.0 Å². The fourth-order valence-electron chi connectivity index (χ4n) is 1.73. The number of aromatic hydroxyl groups is 1.